The predicted octanol–water partition coefficient (Wildman–Crippen LogP) is -0.110. The van der Waals surface area contributed by atoms with Gasteiger partial charge in [0.15, 0.2) is 0 Å². The van der Waals surface area contributed by atoms with Gasteiger partial charge in [-0.1, -0.05) is 0 Å². The van der Waals surface area contributed by atoms with Crippen molar-refractivity contribution in [3.63, 3.8) is 0 Å². The number of carboxylic acid groups (broad SMARTS) is 1. The molecule has 7 nitrogen and oxygen atoms in total. The van der Waals surface area contributed by atoms with Gasteiger partial charge in [-0.2, -0.15) is 0 Å². The van der Waals surface area contributed by atoms with Crippen LogP contribution in [0.5, 0.6) is 0 Å². The van der Waals surface area contributed by atoms with E-state index in [9.17, 15) is 22.4 Å². The second kappa shape index (κ2) is 5.97. The first-order chi connectivity index (χ1) is 9.15. The van der Waals surface area contributed by atoms with Crippen molar-refractivity contribution in [1.29, 1.82) is 0 Å². The van der Waals surface area contributed by atoms with Crippen molar-refractivity contribution < 1.29 is 27.5 Å². The van der Waals surface area contributed by atoms with Gasteiger partial charge in [0.2, 0.25) is 15.9 Å². The van der Waals surface area contributed by atoms with E-state index < -0.39 is 44.7 Å². The molecule has 1 amide bonds. The Morgan fingerprint density at radius 3 is 2.45 bits per heavy atom. The first-order valence-electron chi connectivity index (χ1n) is 5.38. The number of hydrogen-bond acceptors (Lipinski definition) is 4. The number of likely N-dealkylation sites (N-methyl/N-ethyl adjacent to an activating group) is 1. The number of benzene rings is 1. The summed E-state index contributed by atoms with van der Waals surface area (Å²) in [5.74, 6) is -3.10. The molecule has 0 saturated carbocycles. The maximum atomic E-state index is 13.2. The van der Waals surface area contributed by atoms with Crippen LogP contribution in [0.15, 0.2) is 23.1 Å². The average Bonchev–Trinajstić information content (AvgIpc) is 2.35. The van der Waals surface area contributed by atoms with Gasteiger partial charge < -0.3 is 10.0 Å². The fourth-order valence-electron chi connectivity index (χ4n) is 1.23. The second-order valence-electron chi connectivity index (χ2n) is 4.06. The van der Waals surface area contributed by atoms with Crippen molar-refractivity contribution in [2.24, 2.45) is 0 Å². The molecule has 1 rings (SSSR count). The third kappa shape index (κ3) is 3.75. The minimum absolute atomic E-state index is 0.428. The van der Waals surface area contributed by atoms with Crippen LogP contribution in [-0.4, -0.2) is 50.9 Å². The predicted molar refractivity (Wildman–Crippen MR) is 67.2 cm³/mol. The van der Waals surface area contributed by atoms with Crippen molar-refractivity contribution in [1.82, 2.24) is 9.62 Å². The minimum Gasteiger partial charge on any atom is -0.478 e. The summed E-state index contributed by atoms with van der Waals surface area (Å²) >= 11 is 0. The summed E-state index contributed by atoms with van der Waals surface area (Å²) in [6.45, 7) is -0.477. The Labute approximate surface area is 115 Å². The molecule has 2 N–H and O–H groups in total. The molecule has 0 aliphatic carbocycles. The highest BCUT2D eigenvalue weighted by Gasteiger charge is 2.20. The fraction of sp³-hybridized carbons (Fsp3) is 0.273. The topological polar surface area (TPSA) is 104 Å². The van der Waals surface area contributed by atoms with Gasteiger partial charge in [-0.3, -0.25) is 4.79 Å². The molecule has 0 heterocycles. The SMILES string of the molecule is CN(C)C(=O)CNS(=O)(=O)c1ccc(F)c(C(=O)O)c1. The van der Waals surface area contributed by atoms with Crippen LogP contribution in [-0.2, 0) is 14.8 Å². The third-order valence-corrected chi connectivity index (χ3v) is 3.79. The number of carbonyl (C=O) groups is 2. The van der Waals surface area contributed by atoms with E-state index in [4.69, 9.17) is 5.11 Å². The molecule has 0 aromatic heterocycles. The van der Waals surface area contributed by atoms with Gasteiger partial charge in [0, 0.05) is 14.1 Å². The molecule has 1 aromatic rings. The maximum Gasteiger partial charge on any atom is 0.338 e. The average molecular weight is 304 g/mol. The Balaban J connectivity index is 3.02. The van der Waals surface area contributed by atoms with E-state index in [1.165, 1.54) is 19.0 Å². The molecule has 20 heavy (non-hydrogen) atoms. The van der Waals surface area contributed by atoms with Crippen LogP contribution < -0.4 is 4.72 Å². The summed E-state index contributed by atoms with van der Waals surface area (Å²) in [5, 5.41) is 8.73. The van der Waals surface area contributed by atoms with Crippen LogP contribution >= 0.6 is 0 Å². The summed E-state index contributed by atoms with van der Waals surface area (Å²) in [4.78, 5) is 22.8. The first kappa shape index (κ1) is 16.1. The molecule has 0 radical (unpaired) electrons. The molecule has 0 fully saturated rings. The number of aromatic carboxylic acids is 1. The van der Waals surface area contributed by atoms with E-state index in [-0.39, 0.29) is 0 Å². The third-order valence-electron chi connectivity index (χ3n) is 2.39. The first-order valence-corrected chi connectivity index (χ1v) is 6.86. The number of sulfonamides is 1. The lowest BCUT2D eigenvalue weighted by Gasteiger charge is -2.11. The highest BCUT2D eigenvalue weighted by atomic mass is 32.2. The van der Waals surface area contributed by atoms with Gasteiger partial charge in [0.05, 0.1) is 17.0 Å². The number of halogens is 1. The standard InChI is InChI=1S/C11H13FN2O5S/c1-14(2)10(15)6-13-20(18,19)7-3-4-9(12)8(5-7)11(16)17/h3-5,13H,6H2,1-2H3,(H,16,17). The second-order valence-corrected chi connectivity index (χ2v) is 5.83. The van der Waals surface area contributed by atoms with Gasteiger partial charge >= 0.3 is 5.97 Å². The van der Waals surface area contributed by atoms with Crippen molar-refractivity contribution in [2.45, 2.75) is 4.90 Å². The van der Waals surface area contributed by atoms with E-state index >= 15 is 0 Å². The summed E-state index contributed by atoms with van der Waals surface area (Å²) in [5.41, 5.74) is -0.758. The van der Waals surface area contributed by atoms with Crippen LogP contribution in [0.3, 0.4) is 0 Å². The van der Waals surface area contributed by atoms with E-state index in [0.717, 1.165) is 12.1 Å². The van der Waals surface area contributed by atoms with E-state index in [1.54, 1.807) is 0 Å². The van der Waals surface area contributed by atoms with Crippen molar-refractivity contribution in [3.8, 4) is 0 Å². The number of amides is 1. The highest BCUT2D eigenvalue weighted by Crippen LogP contribution is 2.15. The summed E-state index contributed by atoms with van der Waals surface area (Å²) < 4.78 is 38.9. The summed E-state index contributed by atoms with van der Waals surface area (Å²) in [6.07, 6.45) is 0. The van der Waals surface area contributed by atoms with Crippen molar-refractivity contribution in [2.75, 3.05) is 20.6 Å². The largest absolute Gasteiger partial charge is 0.478 e. The zero-order valence-corrected chi connectivity index (χ0v) is 11.6. The van der Waals surface area contributed by atoms with Gasteiger partial charge in [-0.15, -0.1) is 0 Å². The van der Waals surface area contributed by atoms with Crippen molar-refractivity contribution in [3.05, 3.63) is 29.6 Å². The van der Waals surface area contributed by atoms with Crippen LogP contribution in [0, 0.1) is 5.82 Å². The molecule has 0 aliphatic heterocycles. The number of rotatable bonds is 5. The van der Waals surface area contributed by atoms with Gasteiger partial charge in [-0.25, -0.2) is 22.3 Å². The molecule has 1 aromatic carbocycles. The molecule has 0 spiro atoms. The molecule has 0 saturated heterocycles. The molecule has 110 valence electrons. The zero-order chi connectivity index (χ0) is 15.5. The smallest absolute Gasteiger partial charge is 0.338 e. The van der Waals surface area contributed by atoms with Crippen LogP contribution in [0.25, 0.3) is 0 Å². The molecular formula is C11H13FN2O5S. The quantitative estimate of drug-likeness (QED) is 0.790. The molecule has 0 unspecified atom stereocenters. The Kier molecular flexibility index (Phi) is 4.79. The molecule has 0 aliphatic rings. The van der Waals surface area contributed by atoms with E-state index in [0.29, 0.717) is 6.07 Å². The zero-order valence-electron chi connectivity index (χ0n) is 10.8. The number of nitrogens with one attached hydrogen (secondary N) is 1. The van der Waals surface area contributed by atoms with Crippen LogP contribution in [0.1, 0.15) is 10.4 Å². The lowest BCUT2D eigenvalue weighted by Crippen LogP contribution is -2.36. The number of hydrogen-bond donors (Lipinski definition) is 2. The Bertz CT molecular complexity index is 642. The lowest BCUT2D eigenvalue weighted by atomic mass is 10.2. The highest BCUT2D eigenvalue weighted by molar-refractivity contribution is 7.89. The molecule has 0 atom stereocenters. The minimum atomic E-state index is -4.09. The van der Waals surface area contributed by atoms with Gasteiger partial charge in [-0.05, 0) is 18.2 Å². The van der Waals surface area contributed by atoms with Crippen molar-refractivity contribution >= 4 is 21.9 Å². The van der Waals surface area contributed by atoms with E-state index in [1.807, 2.05) is 4.72 Å². The maximum absolute atomic E-state index is 13.2. The van der Waals surface area contributed by atoms with Crippen LogP contribution in [0.2, 0.25) is 0 Å². The Morgan fingerprint density at radius 1 is 1.35 bits per heavy atom. The normalized spacial score (nSPS) is 11.2. The Morgan fingerprint density at radius 2 is 1.95 bits per heavy atom. The number of carbonyl (C=O) groups excluding carboxylic acids is 1. The molecular weight excluding hydrogens is 291 g/mol. The lowest BCUT2D eigenvalue weighted by molar-refractivity contribution is -0.127. The summed E-state index contributed by atoms with van der Waals surface area (Å²) in [6, 6.07) is 2.36. The van der Waals surface area contributed by atoms with Gasteiger partial charge in [0.1, 0.15) is 5.82 Å². The van der Waals surface area contributed by atoms with E-state index in [2.05, 4.69) is 0 Å². The molecule has 9 heteroatoms. The monoisotopic (exact) mass is 304 g/mol. The Hall–Kier alpha value is -2.00. The fourth-order valence-corrected chi connectivity index (χ4v) is 2.23. The number of carboxylic acids is 1. The molecule has 0 bridgehead atoms. The summed E-state index contributed by atoms with van der Waals surface area (Å²) in [7, 11) is -1.18. The van der Waals surface area contributed by atoms with Gasteiger partial charge in [0.25, 0.3) is 0 Å². The van der Waals surface area contributed by atoms with Crippen LogP contribution in [0.4, 0.5) is 4.39 Å². The number of nitrogens with zero attached hydrogens (tertiary/aromatic N) is 1.